The Morgan fingerprint density at radius 2 is 2.04 bits per heavy atom. The smallest absolute Gasteiger partial charge is 0.326 e. The number of amides is 1. The van der Waals surface area contributed by atoms with Gasteiger partial charge in [-0.2, -0.15) is 0 Å². The summed E-state index contributed by atoms with van der Waals surface area (Å²) in [5.74, 6) is -1.11. The normalized spacial score (nSPS) is 11.9. The molecular weight excluding hydrogens is 368 g/mol. The SMILES string of the molecule is Cc1cc(OCC(=O)N[C@@H](Cc2c[nH]c3ccccc23)C(=O)O)ccc1Cl. The second-order valence-electron chi connectivity index (χ2n) is 6.22. The summed E-state index contributed by atoms with van der Waals surface area (Å²) in [6, 6.07) is 11.6. The number of carbonyl (C=O) groups excluding carboxylic acids is 1. The van der Waals surface area contributed by atoms with Crippen LogP contribution in [0.4, 0.5) is 0 Å². The van der Waals surface area contributed by atoms with E-state index in [4.69, 9.17) is 16.3 Å². The third kappa shape index (κ3) is 4.60. The number of carboxylic acid groups (broad SMARTS) is 1. The highest BCUT2D eigenvalue weighted by Crippen LogP contribution is 2.21. The van der Waals surface area contributed by atoms with Crippen molar-refractivity contribution in [1.29, 1.82) is 0 Å². The van der Waals surface area contributed by atoms with Crippen LogP contribution in [0.1, 0.15) is 11.1 Å². The van der Waals surface area contributed by atoms with Crippen LogP contribution in [0.25, 0.3) is 10.9 Å². The molecule has 1 heterocycles. The fourth-order valence-electron chi connectivity index (χ4n) is 2.81. The van der Waals surface area contributed by atoms with Crippen molar-refractivity contribution in [1.82, 2.24) is 10.3 Å². The van der Waals surface area contributed by atoms with E-state index in [1.807, 2.05) is 31.2 Å². The fourth-order valence-corrected chi connectivity index (χ4v) is 2.93. The zero-order chi connectivity index (χ0) is 19.4. The van der Waals surface area contributed by atoms with Crippen LogP contribution < -0.4 is 10.1 Å². The fraction of sp³-hybridized carbons (Fsp3) is 0.200. The second-order valence-corrected chi connectivity index (χ2v) is 6.63. The Bertz CT molecular complexity index is 983. The molecule has 6 nitrogen and oxygen atoms in total. The topological polar surface area (TPSA) is 91.4 Å². The second kappa shape index (κ2) is 8.14. The van der Waals surface area contributed by atoms with Crippen molar-refractivity contribution in [3.8, 4) is 5.75 Å². The maximum atomic E-state index is 12.1. The van der Waals surface area contributed by atoms with E-state index in [2.05, 4.69) is 10.3 Å². The average molecular weight is 387 g/mol. The molecule has 0 bridgehead atoms. The maximum Gasteiger partial charge on any atom is 0.326 e. The number of ether oxygens (including phenoxy) is 1. The van der Waals surface area contributed by atoms with Crippen molar-refractivity contribution < 1.29 is 19.4 Å². The van der Waals surface area contributed by atoms with Crippen molar-refractivity contribution in [2.45, 2.75) is 19.4 Å². The molecule has 140 valence electrons. The van der Waals surface area contributed by atoms with Crippen molar-refractivity contribution >= 4 is 34.4 Å². The molecule has 0 aliphatic heterocycles. The number of halogens is 1. The van der Waals surface area contributed by atoms with Gasteiger partial charge in [0.2, 0.25) is 0 Å². The van der Waals surface area contributed by atoms with E-state index < -0.39 is 17.9 Å². The summed E-state index contributed by atoms with van der Waals surface area (Å²) in [6.07, 6.45) is 1.94. The summed E-state index contributed by atoms with van der Waals surface area (Å²) in [5.41, 5.74) is 2.58. The van der Waals surface area contributed by atoms with Gasteiger partial charge in [-0.05, 0) is 42.3 Å². The number of aromatic amines is 1. The van der Waals surface area contributed by atoms with Gasteiger partial charge in [-0.25, -0.2) is 4.79 Å². The molecule has 3 aromatic rings. The van der Waals surface area contributed by atoms with E-state index in [-0.39, 0.29) is 13.0 Å². The van der Waals surface area contributed by atoms with E-state index in [1.165, 1.54) is 0 Å². The van der Waals surface area contributed by atoms with Crippen molar-refractivity contribution in [3.63, 3.8) is 0 Å². The Hall–Kier alpha value is -2.99. The lowest BCUT2D eigenvalue weighted by Gasteiger charge is -2.15. The van der Waals surface area contributed by atoms with Gasteiger partial charge in [0.05, 0.1) is 0 Å². The van der Waals surface area contributed by atoms with Crippen molar-refractivity contribution in [2.75, 3.05) is 6.61 Å². The quantitative estimate of drug-likeness (QED) is 0.581. The molecular formula is C20H19ClN2O4. The minimum Gasteiger partial charge on any atom is -0.484 e. The highest BCUT2D eigenvalue weighted by Gasteiger charge is 2.22. The molecule has 0 fully saturated rings. The van der Waals surface area contributed by atoms with Crippen LogP contribution in [0.2, 0.25) is 5.02 Å². The maximum absolute atomic E-state index is 12.1. The minimum atomic E-state index is -1.10. The molecule has 7 heteroatoms. The number of H-pyrrole nitrogens is 1. The van der Waals surface area contributed by atoms with Crippen LogP contribution in [0.15, 0.2) is 48.7 Å². The molecule has 1 atom stereocenters. The van der Waals surface area contributed by atoms with E-state index in [9.17, 15) is 14.7 Å². The average Bonchev–Trinajstić information content (AvgIpc) is 3.05. The van der Waals surface area contributed by atoms with Crippen LogP contribution in [-0.2, 0) is 16.0 Å². The van der Waals surface area contributed by atoms with E-state index in [0.29, 0.717) is 10.8 Å². The van der Waals surface area contributed by atoms with Gasteiger partial charge in [-0.3, -0.25) is 4.79 Å². The van der Waals surface area contributed by atoms with Gasteiger partial charge < -0.3 is 20.1 Å². The van der Waals surface area contributed by atoms with Gasteiger partial charge in [0, 0.05) is 28.5 Å². The van der Waals surface area contributed by atoms with Crippen molar-refractivity contribution in [2.24, 2.45) is 0 Å². The largest absolute Gasteiger partial charge is 0.484 e. The minimum absolute atomic E-state index is 0.172. The van der Waals surface area contributed by atoms with Crippen LogP contribution in [-0.4, -0.2) is 34.6 Å². The van der Waals surface area contributed by atoms with E-state index >= 15 is 0 Å². The lowest BCUT2D eigenvalue weighted by Crippen LogP contribution is -2.44. The summed E-state index contributed by atoms with van der Waals surface area (Å²) in [5, 5.41) is 13.5. The van der Waals surface area contributed by atoms with E-state index in [1.54, 1.807) is 24.4 Å². The summed E-state index contributed by atoms with van der Waals surface area (Å²) < 4.78 is 5.42. The molecule has 0 aliphatic rings. The highest BCUT2D eigenvalue weighted by molar-refractivity contribution is 6.31. The first-order valence-corrected chi connectivity index (χ1v) is 8.78. The Labute approximate surface area is 161 Å². The van der Waals surface area contributed by atoms with Gasteiger partial charge in [-0.1, -0.05) is 29.8 Å². The van der Waals surface area contributed by atoms with Gasteiger partial charge >= 0.3 is 5.97 Å². The Balaban J connectivity index is 1.62. The Kier molecular flexibility index (Phi) is 5.66. The monoisotopic (exact) mass is 386 g/mol. The number of fused-ring (bicyclic) bond motifs is 1. The molecule has 0 saturated heterocycles. The third-order valence-electron chi connectivity index (χ3n) is 4.23. The number of aliphatic carboxylic acids is 1. The number of aromatic nitrogens is 1. The predicted octanol–water partition coefficient (Wildman–Crippen LogP) is 3.32. The molecule has 0 saturated carbocycles. The lowest BCUT2D eigenvalue weighted by atomic mass is 10.1. The number of rotatable bonds is 7. The zero-order valence-corrected chi connectivity index (χ0v) is 15.4. The Morgan fingerprint density at radius 3 is 2.78 bits per heavy atom. The standard InChI is InChI=1S/C20H19ClN2O4/c1-12-8-14(6-7-16(12)21)27-11-19(24)23-18(20(25)26)9-13-10-22-17-5-3-2-4-15(13)17/h2-8,10,18,22H,9,11H2,1H3,(H,23,24)(H,25,26)/t18-/m0/s1. The lowest BCUT2D eigenvalue weighted by molar-refractivity contribution is -0.142. The molecule has 2 aromatic carbocycles. The number of para-hydroxylation sites is 1. The van der Waals surface area contributed by atoms with Gasteiger partial charge in [0.15, 0.2) is 6.61 Å². The van der Waals surface area contributed by atoms with Crippen LogP contribution in [0, 0.1) is 6.92 Å². The summed E-state index contributed by atoms with van der Waals surface area (Å²) in [7, 11) is 0. The number of hydrogen-bond donors (Lipinski definition) is 3. The van der Waals surface area contributed by atoms with Gasteiger partial charge in [0.25, 0.3) is 5.91 Å². The van der Waals surface area contributed by atoms with Gasteiger partial charge in [-0.15, -0.1) is 0 Å². The van der Waals surface area contributed by atoms with Crippen LogP contribution in [0.3, 0.4) is 0 Å². The number of benzene rings is 2. The van der Waals surface area contributed by atoms with Crippen molar-refractivity contribution in [3.05, 3.63) is 64.8 Å². The molecule has 1 amide bonds. The van der Waals surface area contributed by atoms with Crippen LogP contribution in [0.5, 0.6) is 5.75 Å². The zero-order valence-electron chi connectivity index (χ0n) is 14.7. The summed E-state index contributed by atoms with van der Waals surface area (Å²) in [6.45, 7) is 1.55. The number of aryl methyl sites for hydroxylation is 1. The first-order valence-electron chi connectivity index (χ1n) is 8.40. The number of nitrogens with one attached hydrogen (secondary N) is 2. The van der Waals surface area contributed by atoms with Crippen LogP contribution >= 0.6 is 11.6 Å². The molecule has 0 spiro atoms. The van der Waals surface area contributed by atoms with Gasteiger partial charge in [0.1, 0.15) is 11.8 Å². The number of carbonyl (C=O) groups is 2. The summed E-state index contributed by atoms with van der Waals surface area (Å²) >= 11 is 5.95. The first-order chi connectivity index (χ1) is 12.9. The highest BCUT2D eigenvalue weighted by atomic mass is 35.5. The third-order valence-corrected chi connectivity index (χ3v) is 4.66. The molecule has 0 radical (unpaired) electrons. The molecule has 1 aromatic heterocycles. The predicted molar refractivity (Wildman–Crippen MR) is 103 cm³/mol. The number of hydrogen-bond acceptors (Lipinski definition) is 3. The summed E-state index contributed by atoms with van der Waals surface area (Å²) in [4.78, 5) is 26.8. The molecule has 0 unspecified atom stereocenters. The molecule has 27 heavy (non-hydrogen) atoms. The molecule has 0 aliphatic carbocycles. The number of carboxylic acids is 1. The first kappa shape index (κ1) is 18.8. The van der Waals surface area contributed by atoms with E-state index in [0.717, 1.165) is 22.0 Å². The Morgan fingerprint density at radius 1 is 1.26 bits per heavy atom. The molecule has 3 N–H and O–H groups in total. The molecule has 3 rings (SSSR count).